The summed E-state index contributed by atoms with van der Waals surface area (Å²) in [6, 6.07) is 9.83. The number of pyridine rings is 1. The summed E-state index contributed by atoms with van der Waals surface area (Å²) in [5.74, 6) is -0.358. The largest absolute Gasteiger partial charge is 0.453 e. The molecule has 0 radical (unpaired) electrons. The summed E-state index contributed by atoms with van der Waals surface area (Å²) in [5.41, 5.74) is 6.17. The Hall–Kier alpha value is -3.19. The first-order valence-corrected chi connectivity index (χ1v) is 9.25. The normalized spacial score (nSPS) is 17.8. The molecule has 134 valence electrons. The second-order valence-corrected chi connectivity index (χ2v) is 6.92. The van der Waals surface area contributed by atoms with Crippen LogP contribution in [-0.4, -0.2) is 11.0 Å². The molecule has 1 aromatic carbocycles. The Morgan fingerprint density at radius 3 is 2.89 bits per heavy atom. The number of allylic oxidation sites excluding steroid dienone is 2. The molecule has 1 aromatic heterocycles. The average molecular weight is 356 g/mol. The van der Waals surface area contributed by atoms with E-state index in [1.807, 2.05) is 30.5 Å². The minimum Gasteiger partial charge on any atom is -0.453 e. The van der Waals surface area contributed by atoms with Crippen molar-refractivity contribution in [3.05, 3.63) is 70.0 Å². The lowest BCUT2D eigenvalue weighted by Gasteiger charge is -2.21. The second-order valence-electron chi connectivity index (χ2n) is 6.92. The lowest BCUT2D eigenvalue weighted by atomic mass is 9.91. The van der Waals surface area contributed by atoms with Gasteiger partial charge in [-0.05, 0) is 60.6 Å². The van der Waals surface area contributed by atoms with E-state index in [1.165, 1.54) is 25.3 Å². The van der Waals surface area contributed by atoms with Gasteiger partial charge in [0.25, 0.3) is 0 Å². The summed E-state index contributed by atoms with van der Waals surface area (Å²) in [6.45, 7) is 1.41. The van der Waals surface area contributed by atoms with Gasteiger partial charge in [-0.25, -0.2) is 0 Å². The summed E-state index contributed by atoms with van der Waals surface area (Å²) in [4.78, 5) is 16.5. The molecule has 2 aliphatic rings. The van der Waals surface area contributed by atoms with E-state index in [2.05, 4.69) is 23.2 Å². The summed E-state index contributed by atoms with van der Waals surface area (Å²) >= 11 is 0. The molecule has 0 spiro atoms. The number of hydrogen-bond acceptors (Lipinski definition) is 4. The quantitative estimate of drug-likeness (QED) is 0.707. The van der Waals surface area contributed by atoms with E-state index in [0.29, 0.717) is 5.56 Å². The maximum absolute atomic E-state index is 11.8. The molecule has 2 aliphatic carbocycles. The molecule has 1 unspecified atom stereocenters. The van der Waals surface area contributed by atoms with Gasteiger partial charge in [-0.3, -0.25) is 9.78 Å². The van der Waals surface area contributed by atoms with Gasteiger partial charge >= 0.3 is 5.97 Å². The molecule has 0 fully saturated rings. The lowest BCUT2D eigenvalue weighted by Crippen LogP contribution is -2.13. The summed E-state index contributed by atoms with van der Waals surface area (Å²) < 4.78 is 5.72. The van der Waals surface area contributed by atoms with Gasteiger partial charge in [0.1, 0.15) is 0 Å². The highest BCUT2D eigenvalue weighted by molar-refractivity contribution is 5.79. The SMILES string of the molecule is CC(=O)OC1c2cc(C3=CCCCC3)cnc2C=Cc2c(C#N)cccc21. The third kappa shape index (κ3) is 3.29. The number of carbonyl (C=O) groups excluding carboxylic acids is 1. The molecule has 0 bridgehead atoms. The van der Waals surface area contributed by atoms with Crippen LogP contribution in [0.15, 0.2) is 36.5 Å². The van der Waals surface area contributed by atoms with Crippen molar-refractivity contribution in [2.45, 2.75) is 38.7 Å². The Bertz CT molecular complexity index is 1010. The van der Waals surface area contributed by atoms with Gasteiger partial charge < -0.3 is 4.74 Å². The topological polar surface area (TPSA) is 63.0 Å². The van der Waals surface area contributed by atoms with Gasteiger partial charge in [0, 0.05) is 24.2 Å². The van der Waals surface area contributed by atoms with Crippen LogP contribution in [0.25, 0.3) is 17.7 Å². The van der Waals surface area contributed by atoms with Crippen molar-refractivity contribution in [3.63, 3.8) is 0 Å². The smallest absolute Gasteiger partial charge is 0.303 e. The van der Waals surface area contributed by atoms with E-state index in [0.717, 1.165) is 40.8 Å². The first-order valence-electron chi connectivity index (χ1n) is 9.25. The van der Waals surface area contributed by atoms with E-state index in [1.54, 1.807) is 6.07 Å². The summed E-state index contributed by atoms with van der Waals surface area (Å²) in [6.07, 6.45) is 11.9. The van der Waals surface area contributed by atoms with Crippen LogP contribution in [0.1, 0.15) is 72.2 Å². The summed E-state index contributed by atoms with van der Waals surface area (Å²) in [7, 11) is 0. The fourth-order valence-corrected chi connectivity index (χ4v) is 3.84. The zero-order chi connectivity index (χ0) is 18.8. The minimum atomic E-state index is -0.576. The molecule has 0 amide bonds. The standard InChI is InChI=1S/C23H20N2O2/c1-15(26)27-23-20-9-5-8-17(13-24)19(20)10-11-22-21(23)12-18(14-25-22)16-6-3-2-4-7-16/h5-6,8-12,14,23H,2-4,7H2,1H3. The Balaban J connectivity index is 1.89. The van der Waals surface area contributed by atoms with E-state index < -0.39 is 6.10 Å². The van der Waals surface area contributed by atoms with Crippen molar-refractivity contribution in [2.24, 2.45) is 0 Å². The lowest BCUT2D eigenvalue weighted by molar-refractivity contribution is -0.144. The average Bonchev–Trinajstić information content (AvgIpc) is 2.85. The highest BCUT2D eigenvalue weighted by Crippen LogP contribution is 2.38. The van der Waals surface area contributed by atoms with Crippen molar-refractivity contribution in [1.82, 2.24) is 4.98 Å². The fourth-order valence-electron chi connectivity index (χ4n) is 3.84. The van der Waals surface area contributed by atoms with Gasteiger partial charge in [-0.15, -0.1) is 0 Å². The first-order chi connectivity index (χ1) is 13.2. The molecule has 4 heteroatoms. The van der Waals surface area contributed by atoms with Gasteiger partial charge in [0.2, 0.25) is 0 Å². The maximum Gasteiger partial charge on any atom is 0.303 e. The Morgan fingerprint density at radius 1 is 1.26 bits per heavy atom. The molecule has 4 nitrogen and oxygen atoms in total. The molecule has 0 saturated heterocycles. The van der Waals surface area contributed by atoms with Crippen LogP contribution in [-0.2, 0) is 9.53 Å². The maximum atomic E-state index is 11.8. The van der Waals surface area contributed by atoms with E-state index in [-0.39, 0.29) is 5.97 Å². The number of nitrogens with zero attached hydrogens (tertiary/aromatic N) is 2. The molecular weight excluding hydrogens is 336 g/mol. The molecule has 2 aromatic rings. The molecule has 0 N–H and O–H groups in total. The molecule has 1 atom stereocenters. The predicted molar refractivity (Wildman–Crippen MR) is 104 cm³/mol. The molecular formula is C23H20N2O2. The van der Waals surface area contributed by atoms with Crippen LogP contribution in [0.3, 0.4) is 0 Å². The van der Waals surface area contributed by atoms with Crippen molar-refractivity contribution < 1.29 is 9.53 Å². The Morgan fingerprint density at radius 2 is 2.15 bits per heavy atom. The Kier molecular flexibility index (Phi) is 4.60. The molecule has 1 heterocycles. The minimum absolute atomic E-state index is 0.358. The number of nitriles is 1. The van der Waals surface area contributed by atoms with Crippen LogP contribution in [0.5, 0.6) is 0 Å². The monoisotopic (exact) mass is 356 g/mol. The number of esters is 1. The second kappa shape index (κ2) is 7.20. The molecule has 4 rings (SSSR count). The highest BCUT2D eigenvalue weighted by Gasteiger charge is 2.27. The molecule has 27 heavy (non-hydrogen) atoms. The van der Waals surface area contributed by atoms with Gasteiger partial charge in [-0.2, -0.15) is 5.26 Å². The van der Waals surface area contributed by atoms with Crippen molar-refractivity contribution in [2.75, 3.05) is 0 Å². The first kappa shape index (κ1) is 17.2. The highest BCUT2D eigenvalue weighted by atomic mass is 16.5. The van der Waals surface area contributed by atoms with Gasteiger partial charge in [-0.1, -0.05) is 24.3 Å². The zero-order valence-electron chi connectivity index (χ0n) is 15.2. The number of ether oxygens (including phenoxy) is 1. The van der Waals surface area contributed by atoms with Gasteiger partial charge in [0.15, 0.2) is 6.10 Å². The zero-order valence-corrected chi connectivity index (χ0v) is 15.2. The molecule has 0 saturated carbocycles. The number of hydrogen-bond donors (Lipinski definition) is 0. The number of benzene rings is 1. The van der Waals surface area contributed by atoms with E-state index in [9.17, 15) is 10.1 Å². The number of rotatable bonds is 2. The predicted octanol–water partition coefficient (Wildman–Crippen LogP) is 5.05. The van der Waals surface area contributed by atoms with E-state index in [4.69, 9.17) is 4.74 Å². The fraction of sp³-hybridized carbons (Fsp3) is 0.261. The number of aromatic nitrogens is 1. The van der Waals surface area contributed by atoms with Crippen molar-refractivity contribution >= 4 is 23.7 Å². The summed E-state index contributed by atoms with van der Waals surface area (Å²) in [5, 5.41) is 9.47. The van der Waals surface area contributed by atoms with Crippen molar-refractivity contribution in [3.8, 4) is 6.07 Å². The van der Waals surface area contributed by atoms with Crippen molar-refractivity contribution in [1.29, 1.82) is 5.26 Å². The third-order valence-electron chi connectivity index (χ3n) is 5.13. The van der Waals surface area contributed by atoms with Crippen LogP contribution < -0.4 is 0 Å². The number of carbonyl (C=O) groups is 1. The van der Waals surface area contributed by atoms with Crippen LogP contribution >= 0.6 is 0 Å². The number of fused-ring (bicyclic) bond motifs is 2. The van der Waals surface area contributed by atoms with Crippen LogP contribution in [0.2, 0.25) is 0 Å². The Labute approximate surface area is 158 Å². The van der Waals surface area contributed by atoms with E-state index >= 15 is 0 Å². The molecule has 0 aliphatic heterocycles. The third-order valence-corrected chi connectivity index (χ3v) is 5.13. The van der Waals surface area contributed by atoms with Gasteiger partial charge in [0.05, 0.1) is 17.3 Å². The van der Waals surface area contributed by atoms with Crippen LogP contribution in [0.4, 0.5) is 0 Å². The van der Waals surface area contributed by atoms with Crippen LogP contribution in [0, 0.1) is 11.3 Å².